The van der Waals surface area contributed by atoms with Crippen LogP contribution in [0.15, 0.2) is 22.6 Å². The summed E-state index contributed by atoms with van der Waals surface area (Å²) in [5.41, 5.74) is 6.75. The standard InChI is InChI=1S/C13H15FN2O2/c1-7(2)12-11(16-13(15)18-12)8-4-5-10(17-3)9(14)6-8/h4-7H,1-3H3,(H2,15,16). The van der Waals surface area contributed by atoms with E-state index in [1.165, 1.54) is 13.2 Å². The van der Waals surface area contributed by atoms with Gasteiger partial charge in [0.05, 0.1) is 7.11 Å². The monoisotopic (exact) mass is 250 g/mol. The Morgan fingerprint density at radius 3 is 2.67 bits per heavy atom. The maximum atomic E-state index is 13.7. The van der Waals surface area contributed by atoms with Crippen molar-refractivity contribution in [3.05, 3.63) is 29.8 Å². The predicted molar refractivity (Wildman–Crippen MR) is 67.0 cm³/mol. The molecule has 1 aromatic heterocycles. The SMILES string of the molecule is COc1ccc(-c2nc(N)oc2C(C)C)cc1F. The fourth-order valence-electron chi connectivity index (χ4n) is 1.76. The Kier molecular flexibility index (Phi) is 3.23. The number of hydrogen-bond acceptors (Lipinski definition) is 4. The minimum Gasteiger partial charge on any atom is -0.494 e. The summed E-state index contributed by atoms with van der Waals surface area (Å²) in [6.07, 6.45) is 0. The van der Waals surface area contributed by atoms with Gasteiger partial charge < -0.3 is 14.9 Å². The largest absolute Gasteiger partial charge is 0.494 e. The Morgan fingerprint density at radius 2 is 2.11 bits per heavy atom. The van der Waals surface area contributed by atoms with Gasteiger partial charge >= 0.3 is 0 Å². The minimum absolute atomic E-state index is 0.0879. The molecule has 0 atom stereocenters. The molecule has 0 unspecified atom stereocenters. The Morgan fingerprint density at radius 1 is 1.39 bits per heavy atom. The average molecular weight is 250 g/mol. The third-order valence-corrected chi connectivity index (χ3v) is 2.62. The summed E-state index contributed by atoms with van der Waals surface area (Å²) in [5.74, 6) is 0.527. The molecule has 0 bridgehead atoms. The summed E-state index contributed by atoms with van der Waals surface area (Å²) in [4.78, 5) is 4.10. The lowest BCUT2D eigenvalue weighted by molar-refractivity contribution is 0.386. The zero-order chi connectivity index (χ0) is 13.3. The summed E-state index contributed by atoms with van der Waals surface area (Å²) in [6.45, 7) is 3.92. The van der Waals surface area contributed by atoms with E-state index in [1.54, 1.807) is 12.1 Å². The van der Waals surface area contributed by atoms with Crippen LogP contribution in [-0.2, 0) is 0 Å². The Balaban J connectivity index is 2.51. The highest BCUT2D eigenvalue weighted by atomic mass is 19.1. The first-order valence-corrected chi connectivity index (χ1v) is 5.63. The van der Waals surface area contributed by atoms with Crippen molar-refractivity contribution in [2.75, 3.05) is 12.8 Å². The molecule has 0 saturated carbocycles. The van der Waals surface area contributed by atoms with Crippen LogP contribution >= 0.6 is 0 Å². The van der Waals surface area contributed by atoms with Gasteiger partial charge in [-0.2, -0.15) is 4.98 Å². The van der Waals surface area contributed by atoms with Gasteiger partial charge in [-0.1, -0.05) is 13.8 Å². The summed E-state index contributed by atoms with van der Waals surface area (Å²) in [5, 5.41) is 0. The molecule has 1 heterocycles. The summed E-state index contributed by atoms with van der Waals surface area (Å²) in [6, 6.07) is 4.73. The summed E-state index contributed by atoms with van der Waals surface area (Å²) in [7, 11) is 1.42. The average Bonchev–Trinajstić information content (AvgIpc) is 2.71. The number of nitrogens with zero attached hydrogens (tertiary/aromatic N) is 1. The van der Waals surface area contributed by atoms with Crippen molar-refractivity contribution in [2.45, 2.75) is 19.8 Å². The number of anilines is 1. The lowest BCUT2D eigenvalue weighted by atomic mass is 10.0. The third-order valence-electron chi connectivity index (χ3n) is 2.62. The second-order valence-electron chi connectivity index (χ2n) is 4.27. The van der Waals surface area contributed by atoms with Crippen LogP contribution < -0.4 is 10.5 Å². The highest BCUT2D eigenvalue weighted by molar-refractivity contribution is 5.64. The second-order valence-corrected chi connectivity index (χ2v) is 4.27. The van der Waals surface area contributed by atoms with E-state index >= 15 is 0 Å². The molecule has 0 aliphatic rings. The first-order valence-electron chi connectivity index (χ1n) is 5.63. The molecule has 0 fully saturated rings. The highest BCUT2D eigenvalue weighted by Crippen LogP contribution is 2.32. The van der Waals surface area contributed by atoms with Crippen molar-refractivity contribution in [2.24, 2.45) is 0 Å². The molecule has 0 aliphatic heterocycles. The number of hydrogen-bond donors (Lipinski definition) is 1. The Labute approximate surface area is 105 Å². The maximum Gasteiger partial charge on any atom is 0.292 e. The van der Waals surface area contributed by atoms with E-state index in [0.29, 0.717) is 17.0 Å². The zero-order valence-corrected chi connectivity index (χ0v) is 10.5. The van der Waals surface area contributed by atoms with Crippen molar-refractivity contribution in [3.8, 4) is 17.0 Å². The van der Waals surface area contributed by atoms with E-state index in [9.17, 15) is 4.39 Å². The van der Waals surface area contributed by atoms with Gasteiger partial charge in [0.1, 0.15) is 11.5 Å². The molecule has 2 aromatic rings. The van der Waals surface area contributed by atoms with Gasteiger partial charge in [-0.3, -0.25) is 0 Å². The molecule has 0 aliphatic carbocycles. The van der Waals surface area contributed by atoms with Crippen molar-refractivity contribution in [3.63, 3.8) is 0 Å². The van der Waals surface area contributed by atoms with Crippen LogP contribution in [0.25, 0.3) is 11.3 Å². The predicted octanol–water partition coefficient (Wildman–Crippen LogP) is 3.19. The van der Waals surface area contributed by atoms with Gasteiger partial charge in [0.15, 0.2) is 11.6 Å². The van der Waals surface area contributed by atoms with E-state index in [1.807, 2.05) is 13.8 Å². The zero-order valence-electron chi connectivity index (χ0n) is 10.5. The summed E-state index contributed by atoms with van der Waals surface area (Å²) >= 11 is 0. The molecule has 0 spiro atoms. The van der Waals surface area contributed by atoms with Crippen molar-refractivity contribution >= 4 is 6.01 Å². The van der Waals surface area contributed by atoms with Gasteiger partial charge in [-0.15, -0.1) is 0 Å². The molecule has 0 amide bonds. The molecule has 2 rings (SSSR count). The van der Waals surface area contributed by atoms with E-state index < -0.39 is 5.82 Å². The van der Waals surface area contributed by atoms with Gasteiger partial charge in [-0.25, -0.2) is 4.39 Å². The number of rotatable bonds is 3. The molecule has 96 valence electrons. The van der Waals surface area contributed by atoms with E-state index in [0.717, 1.165) is 0 Å². The maximum absolute atomic E-state index is 13.7. The van der Waals surface area contributed by atoms with Crippen LogP contribution in [-0.4, -0.2) is 12.1 Å². The van der Waals surface area contributed by atoms with Crippen LogP contribution in [0.4, 0.5) is 10.4 Å². The van der Waals surface area contributed by atoms with E-state index in [4.69, 9.17) is 14.9 Å². The van der Waals surface area contributed by atoms with Crippen molar-refractivity contribution in [1.82, 2.24) is 4.98 Å². The number of nitrogen functional groups attached to an aromatic ring is 1. The third kappa shape index (κ3) is 2.16. The fourth-order valence-corrected chi connectivity index (χ4v) is 1.76. The summed E-state index contributed by atoms with van der Waals surface area (Å²) < 4.78 is 23.9. The molecular formula is C13H15FN2O2. The lowest BCUT2D eigenvalue weighted by Gasteiger charge is -2.06. The molecule has 2 N–H and O–H groups in total. The van der Waals surface area contributed by atoms with Gasteiger partial charge in [0.2, 0.25) is 0 Å². The molecule has 1 aromatic carbocycles. The lowest BCUT2D eigenvalue weighted by Crippen LogP contribution is -1.92. The number of benzene rings is 1. The van der Waals surface area contributed by atoms with E-state index in [-0.39, 0.29) is 17.7 Å². The fraction of sp³-hybridized carbons (Fsp3) is 0.308. The number of halogens is 1. The first kappa shape index (κ1) is 12.4. The molecule has 0 radical (unpaired) electrons. The van der Waals surface area contributed by atoms with Crippen LogP contribution in [0.2, 0.25) is 0 Å². The number of oxazole rings is 1. The van der Waals surface area contributed by atoms with Crippen LogP contribution in [0.1, 0.15) is 25.5 Å². The number of nitrogens with two attached hydrogens (primary N) is 1. The first-order chi connectivity index (χ1) is 8.52. The van der Waals surface area contributed by atoms with Crippen molar-refractivity contribution < 1.29 is 13.5 Å². The molecule has 18 heavy (non-hydrogen) atoms. The van der Waals surface area contributed by atoms with Crippen LogP contribution in [0, 0.1) is 5.82 Å². The minimum atomic E-state index is -0.439. The Hall–Kier alpha value is -2.04. The van der Waals surface area contributed by atoms with Crippen LogP contribution in [0.5, 0.6) is 5.75 Å². The van der Waals surface area contributed by atoms with Gasteiger partial charge in [0, 0.05) is 11.5 Å². The quantitative estimate of drug-likeness (QED) is 0.908. The molecular weight excluding hydrogens is 235 g/mol. The molecule has 0 saturated heterocycles. The van der Waals surface area contributed by atoms with Crippen LogP contribution in [0.3, 0.4) is 0 Å². The van der Waals surface area contributed by atoms with Gasteiger partial charge in [0.25, 0.3) is 6.01 Å². The number of ether oxygens (including phenoxy) is 1. The molecule has 4 nitrogen and oxygen atoms in total. The second kappa shape index (κ2) is 4.68. The van der Waals surface area contributed by atoms with E-state index in [2.05, 4.69) is 4.98 Å². The Bertz CT molecular complexity index is 564. The number of methoxy groups -OCH3 is 1. The smallest absolute Gasteiger partial charge is 0.292 e. The topological polar surface area (TPSA) is 61.3 Å². The highest BCUT2D eigenvalue weighted by Gasteiger charge is 2.17. The normalized spacial score (nSPS) is 10.9. The number of aromatic nitrogens is 1. The van der Waals surface area contributed by atoms with Gasteiger partial charge in [-0.05, 0) is 18.2 Å². The molecule has 5 heteroatoms. The van der Waals surface area contributed by atoms with Crippen molar-refractivity contribution in [1.29, 1.82) is 0 Å².